The normalized spacial score (nSPS) is 16.1. The number of urea groups is 1. The molecule has 0 radical (unpaired) electrons. The van der Waals surface area contributed by atoms with Crippen LogP contribution in [0.4, 0.5) is 16.2 Å². The molecule has 8 nitrogen and oxygen atoms in total. The van der Waals surface area contributed by atoms with Crippen LogP contribution in [0.15, 0.2) is 36.4 Å². The summed E-state index contributed by atoms with van der Waals surface area (Å²) in [5.41, 5.74) is 1.61. The fourth-order valence-corrected chi connectivity index (χ4v) is 4.19. The number of nitrogens with one attached hydrogen (secondary N) is 2. The summed E-state index contributed by atoms with van der Waals surface area (Å²) in [5, 5.41) is 5.43. The summed E-state index contributed by atoms with van der Waals surface area (Å²) in [6, 6.07) is 9.29. The lowest BCUT2D eigenvalue weighted by Gasteiger charge is -2.29. The van der Waals surface area contributed by atoms with E-state index in [0.29, 0.717) is 34.0 Å². The van der Waals surface area contributed by atoms with Gasteiger partial charge >= 0.3 is 6.03 Å². The van der Waals surface area contributed by atoms with Crippen molar-refractivity contribution in [3.05, 3.63) is 47.5 Å². The summed E-state index contributed by atoms with van der Waals surface area (Å²) in [7, 11) is 3.04. The van der Waals surface area contributed by atoms with Crippen LogP contribution in [-0.4, -0.2) is 43.0 Å². The number of ether oxygens (including phenoxy) is 2. The van der Waals surface area contributed by atoms with E-state index in [9.17, 15) is 14.4 Å². The van der Waals surface area contributed by atoms with E-state index in [2.05, 4.69) is 10.6 Å². The summed E-state index contributed by atoms with van der Waals surface area (Å²) in [6.07, 6.45) is 4.90. The molecular formula is C23H25N3O5. The maximum atomic E-state index is 12.9. The molecule has 2 aliphatic rings. The van der Waals surface area contributed by atoms with Gasteiger partial charge in [0.2, 0.25) is 0 Å². The lowest BCUT2D eigenvalue weighted by Crippen LogP contribution is -2.40. The Kier molecular flexibility index (Phi) is 5.79. The van der Waals surface area contributed by atoms with Crippen molar-refractivity contribution >= 4 is 29.2 Å². The van der Waals surface area contributed by atoms with E-state index in [1.54, 1.807) is 43.5 Å². The predicted molar refractivity (Wildman–Crippen MR) is 116 cm³/mol. The van der Waals surface area contributed by atoms with Crippen molar-refractivity contribution in [2.45, 2.75) is 38.1 Å². The van der Waals surface area contributed by atoms with Gasteiger partial charge in [-0.3, -0.25) is 14.5 Å². The monoisotopic (exact) mass is 423 g/mol. The van der Waals surface area contributed by atoms with Crippen LogP contribution in [0.1, 0.15) is 52.8 Å². The third-order valence-corrected chi connectivity index (χ3v) is 5.77. The minimum absolute atomic E-state index is 0.0385. The molecule has 1 aliphatic heterocycles. The van der Waals surface area contributed by atoms with Gasteiger partial charge in [-0.15, -0.1) is 0 Å². The van der Waals surface area contributed by atoms with Gasteiger partial charge in [0.15, 0.2) is 0 Å². The summed E-state index contributed by atoms with van der Waals surface area (Å²) in [6.45, 7) is 0. The molecule has 8 heteroatoms. The number of hydrogen-bond donors (Lipinski definition) is 2. The second kappa shape index (κ2) is 8.67. The molecule has 2 aromatic rings. The molecule has 4 amide bonds. The molecule has 2 aromatic carbocycles. The zero-order valence-electron chi connectivity index (χ0n) is 17.6. The third kappa shape index (κ3) is 4.05. The number of hydrogen-bond acceptors (Lipinski definition) is 5. The van der Waals surface area contributed by atoms with Crippen molar-refractivity contribution in [3.63, 3.8) is 0 Å². The summed E-state index contributed by atoms with van der Waals surface area (Å²) >= 11 is 0. The molecule has 0 bridgehead atoms. The molecule has 0 atom stereocenters. The van der Waals surface area contributed by atoms with Gasteiger partial charge in [0.25, 0.3) is 11.8 Å². The van der Waals surface area contributed by atoms with Gasteiger partial charge in [0, 0.05) is 17.8 Å². The highest BCUT2D eigenvalue weighted by Crippen LogP contribution is 2.33. The fourth-order valence-electron chi connectivity index (χ4n) is 4.19. The van der Waals surface area contributed by atoms with Crippen molar-refractivity contribution in [2.24, 2.45) is 0 Å². The van der Waals surface area contributed by atoms with Crippen LogP contribution in [0.2, 0.25) is 0 Å². The SMILES string of the molecule is COc1ccc(NC(=O)Nc2ccc3c(c2)C(=O)N(C2CCCCC2)C3=O)c(OC)c1. The number of fused-ring (bicyclic) bond motifs is 1. The van der Waals surface area contributed by atoms with Crippen LogP contribution in [0.25, 0.3) is 0 Å². The number of methoxy groups -OCH3 is 2. The summed E-state index contributed by atoms with van der Waals surface area (Å²) < 4.78 is 10.4. The lowest BCUT2D eigenvalue weighted by molar-refractivity contribution is 0.0549. The molecule has 0 saturated heterocycles. The van der Waals surface area contributed by atoms with Gasteiger partial charge in [-0.2, -0.15) is 0 Å². The average Bonchev–Trinajstić information content (AvgIpc) is 3.04. The van der Waals surface area contributed by atoms with Gasteiger partial charge < -0.3 is 20.1 Å². The molecule has 1 saturated carbocycles. The number of imide groups is 1. The molecule has 0 unspecified atom stereocenters. The minimum atomic E-state index is -0.496. The highest BCUT2D eigenvalue weighted by molar-refractivity contribution is 6.22. The topological polar surface area (TPSA) is 97.0 Å². The van der Waals surface area contributed by atoms with E-state index in [-0.39, 0.29) is 17.9 Å². The van der Waals surface area contributed by atoms with Crippen LogP contribution in [-0.2, 0) is 0 Å². The van der Waals surface area contributed by atoms with Crippen molar-refractivity contribution in [3.8, 4) is 11.5 Å². The maximum absolute atomic E-state index is 12.9. The van der Waals surface area contributed by atoms with Gasteiger partial charge in [-0.25, -0.2) is 4.79 Å². The molecule has 0 spiro atoms. The molecule has 4 rings (SSSR count). The molecule has 31 heavy (non-hydrogen) atoms. The van der Waals surface area contributed by atoms with E-state index < -0.39 is 6.03 Å². The quantitative estimate of drug-likeness (QED) is 0.700. The number of carbonyl (C=O) groups excluding carboxylic acids is 3. The zero-order valence-corrected chi connectivity index (χ0v) is 17.6. The van der Waals surface area contributed by atoms with E-state index in [1.807, 2.05) is 0 Å². The van der Waals surface area contributed by atoms with Gasteiger partial charge in [-0.05, 0) is 43.2 Å². The number of nitrogens with zero attached hydrogens (tertiary/aromatic N) is 1. The zero-order chi connectivity index (χ0) is 22.0. The van der Waals surface area contributed by atoms with Crippen molar-refractivity contribution in [1.29, 1.82) is 0 Å². The van der Waals surface area contributed by atoms with E-state index >= 15 is 0 Å². The van der Waals surface area contributed by atoms with Crippen LogP contribution >= 0.6 is 0 Å². The molecule has 0 aromatic heterocycles. The smallest absolute Gasteiger partial charge is 0.323 e. The third-order valence-electron chi connectivity index (χ3n) is 5.77. The first kappa shape index (κ1) is 20.7. The number of anilines is 2. The second-order valence-electron chi connectivity index (χ2n) is 7.68. The minimum Gasteiger partial charge on any atom is -0.497 e. The average molecular weight is 423 g/mol. The number of rotatable bonds is 5. The van der Waals surface area contributed by atoms with E-state index in [0.717, 1.165) is 32.1 Å². The maximum Gasteiger partial charge on any atom is 0.323 e. The van der Waals surface area contributed by atoms with E-state index in [1.165, 1.54) is 12.0 Å². The Morgan fingerprint density at radius 1 is 0.903 bits per heavy atom. The fraction of sp³-hybridized carbons (Fsp3) is 0.348. The molecule has 1 aliphatic carbocycles. The Hall–Kier alpha value is -3.55. The first-order chi connectivity index (χ1) is 15.0. The lowest BCUT2D eigenvalue weighted by atomic mass is 9.94. The van der Waals surface area contributed by atoms with Gasteiger partial charge in [0.1, 0.15) is 11.5 Å². The number of amides is 4. The largest absolute Gasteiger partial charge is 0.497 e. The molecule has 162 valence electrons. The highest BCUT2D eigenvalue weighted by atomic mass is 16.5. The first-order valence-corrected chi connectivity index (χ1v) is 10.3. The standard InChI is InChI=1S/C23H25N3O5/c1-30-16-9-11-19(20(13-16)31-2)25-23(29)24-14-8-10-17-18(12-14)22(28)26(21(17)27)15-6-4-3-5-7-15/h8-13,15H,3-7H2,1-2H3,(H2,24,25,29). The predicted octanol–water partition coefficient (Wildman–Crippen LogP) is 4.28. The highest BCUT2D eigenvalue weighted by Gasteiger charge is 2.40. The Labute approximate surface area is 180 Å². The van der Waals surface area contributed by atoms with Crippen LogP contribution in [0.3, 0.4) is 0 Å². The summed E-state index contributed by atoms with van der Waals surface area (Å²) in [5.74, 6) is 0.526. The van der Waals surface area contributed by atoms with E-state index in [4.69, 9.17) is 9.47 Å². The second-order valence-corrected chi connectivity index (χ2v) is 7.68. The molecule has 1 heterocycles. The Morgan fingerprint density at radius 3 is 2.35 bits per heavy atom. The Bertz CT molecular complexity index is 1030. The van der Waals surface area contributed by atoms with Crippen molar-refractivity contribution < 1.29 is 23.9 Å². The van der Waals surface area contributed by atoms with Crippen LogP contribution in [0.5, 0.6) is 11.5 Å². The van der Waals surface area contributed by atoms with Crippen molar-refractivity contribution in [2.75, 3.05) is 24.9 Å². The Morgan fingerprint density at radius 2 is 1.65 bits per heavy atom. The molecular weight excluding hydrogens is 398 g/mol. The number of benzene rings is 2. The van der Waals surface area contributed by atoms with Crippen LogP contribution in [0, 0.1) is 0 Å². The molecule has 2 N–H and O–H groups in total. The number of carbonyl (C=O) groups is 3. The van der Waals surface area contributed by atoms with Gasteiger partial charge in [0.05, 0.1) is 31.0 Å². The van der Waals surface area contributed by atoms with Gasteiger partial charge in [-0.1, -0.05) is 19.3 Å². The molecule has 1 fully saturated rings. The van der Waals surface area contributed by atoms with Crippen molar-refractivity contribution in [1.82, 2.24) is 4.90 Å². The Balaban J connectivity index is 1.48. The van der Waals surface area contributed by atoms with Crippen LogP contribution < -0.4 is 20.1 Å². The first-order valence-electron chi connectivity index (χ1n) is 10.3. The summed E-state index contributed by atoms with van der Waals surface area (Å²) in [4.78, 5) is 39.6.